The summed E-state index contributed by atoms with van der Waals surface area (Å²) >= 11 is 6.19. The van der Waals surface area contributed by atoms with Crippen LogP contribution in [0.3, 0.4) is 0 Å². The van der Waals surface area contributed by atoms with E-state index in [-0.39, 0.29) is 0 Å². The lowest BCUT2D eigenvalue weighted by molar-refractivity contribution is 0.787. The first kappa shape index (κ1) is 13.0. The van der Waals surface area contributed by atoms with Crippen LogP contribution in [0.4, 0.5) is 0 Å². The normalized spacial score (nSPS) is 10.6. The number of rotatable bonds is 6. The molecule has 0 fully saturated rings. The van der Waals surface area contributed by atoms with Gasteiger partial charge in [-0.25, -0.2) is 0 Å². The quantitative estimate of drug-likeness (QED) is 0.434. The third-order valence-electron chi connectivity index (χ3n) is 2.39. The van der Waals surface area contributed by atoms with Crippen LogP contribution in [0.1, 0.15) is 30.4 Å². The van der Waals surface area contributed by atoms with Gasteiger partial charge in [0, 0.05) is 4.90 Å². The van der Waals surface area contributed by atoms with Gasteiger partial charge in [0.2, 0.25) is 0 Å². The molecule has 0 aromatic heterocycles. The fourth-order valence-electron chi connectivity index (χ4n) is 1.53. The largest absolute Gasteiger partial charge is 0.179 e. The molecular formula is C13H20S2. The molecular weight excluding hydrogens is 220 g/mol. The number of hydrogen-bond acceptors (Lipinski definition) is 2. The molecule has 0 amide bonds. The van der Waals surface area contributed by atoms with Gasteiger partial charge in [-0.15, -0.1) is 11.8 Å². The zero-order valence-corrected chi connectivity index (χ0v) is 11.3. The molecule has 0 aliphatic rings. The summed E-state index contributed by atoms with van der Waals surface area (Å²) in [4.78, 5) is 1.44. The Balaban J connectivity index is 2.31. The maximum atomic E-state index is 4.21. The Kier molecular flexibility index (Phi) is 6.26. The van der Waals surface area contributed by atoms with Crippen LogP contribution in [0.5, 0.6) is 0 Å². The van der Waals surface area contributed by atoms with Crippen LogP contribution >= 0.6 is 24.4 Å². The highest BCUT2D eigenvalue weighted by Crippen LogP contribution is 2.24. The smallest absolute Gasteiger partial charge is 0.0101 e. The molecule has 1 aromatic carbocycles. The van der Waals surface area contributed by atoms with E-state index in [1.165, 1.54) is 41.0 Å². The second kappa shape index (κ2) is 7.24. The third-order valence-corrected chi connectivity index (χ3v) is 3.97. The van der Waals surface area contributed by atoms with E-state index in [0.717, 1.165) is 5.75 Å². The minimum Gasteiger partial charge on any atom is -0.179 e. The highest BCUT2D eigenvalue weighted by Gasteiger charge is 1.98. The number of unbranched alkanes of at least 4 members (excludes halogenated alkanes) is 2. The van der Waals surface area contributed by atoms with E-state index in [1.807, 2.05) is 11.8 Å². The zero-order valence-electron chi connectivity index (χ0n) is 9.62. The Morgan fingerprint density at radius 3 is 2.60 bits per heavy atom. The maximum Gasteiger partial charge on any atom is 0.0101 e. The van der Waals surface area contributed by atoms with Crippen molar-refractivity contribution in [2.45, 2.75) is 38.0 Å². The fraction of sp³-hybridized carbons (Fsp3) is 0.538. The highest BCUT2D eigenvalue weighted by molar-refractivity contribution is 7.99. The van der Waals surface area contributed by atoms with Crippen LogP contribution in [0.15, 0.2) is 23.1 Å². The lowest BCUT2D eigenvalue weighted by Crippen LogP contribution is -1.85. The lowest BCUT2D eigenvalue weighted by atomic mass is 10.2. The summed E-state index contributed by atoms with van der Waals surface area (Å²) in [7, 11) is 0. The van der Waals surface area contributed by atoms with Gasteiger partial charge in [0.25, 0.3) is 0 Å². The molecule has 0 spiro atoms. The Bertz CT molecular complexity index is 295. The molecule has 0 aliphatic carbocycles. The summed E-state index contributed by atoms with van der Waals surface area (Å²) in [5.74, 6) is 2.26. The molecule has 0 heterocycles. The first-order valence-corrected chi connectivity index (χ1v) is 7.17. The average molecular weight is 240 g/mol. The number of thioether (sulfide) groups is 1. The van der Waals surface area contributed by atoms with E-state index in [1.54, 1.807) is 0 Å². The molecule has 0 radical (unpaired) electrons. The highest BCUT2D eigenvalue weighted by atomic mass is 32.2. The summed E-state index contributed by atoms with van der Waals surface area (Å²) in [5.41, 5.74) is 2.76. The van der Waals surface area contributed by atoms with Crippen molar-refractivity contribution in [3.05, 3.63) is 29.3 Å². The number of thiol groups is 1. The Labute approximate surface area is 103 Å². The lowest BCUT2D eigenvalue weighted by Gasteiger charge is -2.06. The first-order chi connectivity index (χ1) is 7.24. The summed E-state index contributed by atoms with van der Waals surface area (Å²) in [6, 6.07) is 6.70. The van der Waals surface area contributed by atoms with Crippen molar-refractivity contribution in [1.82, 2.24) is 0 Å². The van der Waals surface area contributed by atoms with E-state index in [2.05, 4.69) is 44.7 Å². The van der Waals surface area contributed by atoms with Gasteiger partial charge in [-0.05, 0) is 49.8 Å². The molecule has 0 saturated carbocycles. The molecule has 0 atom stereocenters. The fourth-order valence-corrected chi connectivity index (χ4v) is 2.78. The molecule has 84 valence electrons. The van der Waals surface area contributed by atoms with Crippen LogP contribution in [0.2, 0.25) is 0 Å². The standard InChI is InChI=1S/C13H20S2/c1-11-6-7-13(12(2)10-11)15-9-5-3-4-8-14/h6-7,10,14H,3-5,8-9H2,1-2H3. The minimum absolute atomic E-state index is 1.02. The molecule has 0 unspecified atom stereocenters. The van der Waals surface area contributed by atoms with Crippen molar-refractivity contribution in [2.75, 3.05) is 11.5 Å². The van der Waals surface area contributed by atoms with Crippen LogP contribution < -0.4 is 0 Å². The average Bonchev–Trinajstić information content (AvgIpc) is 2.20. The Morgan fingerprint density at radius 2 is 1.93 bits per heavy atom. The number of aryl methyl sites for hydroxylation is 2. The summed E-state index contributed by atoms with van der Waals surface area (Å²) in [6.07, 6.45) is 3.86. The van der Waals surface area contributed by atoms with Crippen molar-refractivity contribution >= 4 is 24.4 Å². The first-order valence-electron chi connectivity index (χ1n) is 5.55. The zero-order chi connectivity index (χ0) is 11.1. The van der Waals surface area contributed by atoms with Gasteiger partial charge in [-0.2, -0.15) is 12.6 Å². The molecule has 1 aromatic rings. The Morgan fingerprint density at radius 1 is 1.13 bits per heavy atom. The monoisotopic (exact) mass is 240 g/mol. The van der Waals surface area contributed by atoms with Gasteiger partial charge in [-0.3, -0.25) is 0 Å². The van der Waals surface area contributed by atoms with Crippen molar-refractivity contribution in [1.29, 1.82) is 0 Å². The van der Waals surface area contributed by atoms with Gasteiger partial charge < -0.3 is 0 Å². The second-order valence-corrected chi connectivity index (χ2v) is 5.49. The topological polar surface area (TPSA) is 0 Å². The minimum atomic E-state index is 1.02. The van der Waals surface area contributed by atoms with Gasteiger partial charge in [-0.1, -0.05) is 24.1 Å². The predicted octanol–water partition coefficient (Wildman–Crippen LogP) is 4.50. The van der Waals surface area contributed by atoms with Crippen LogP contribution in [0, 0.1) is 13.8 Å². The molecule has 0 N–H and O–H groups in total. The summed E-state index contributed by atoms with van der Waals surface area (Å²) in [6.45, 7) is 4.34. The second-order valence-electron chi connectivity index (χ2n) is 3.90. The van der Waals surface area contributed by atoms with Crippen molar-refractivity contribution in [3.63, 3.8) is 0 Å². The van der Waals surface area contributed by atoms with Crippen LogP contribution in [-0.2, 0) is 0 Å². The molecule has 0 bridgehead atoms. The van der Waals surface area contributed by atoms with Crippen LogP contribution in [0.25, 0.3) is 0 Å². The van der Waals surface area contributed by atoms with E-state index in [9.17, 15) is 0 Å². The van der Waals surface area contributed by atoms with Crippen molar-refractivity contribution in [2.24, 2.45) is 0 Å². The predicted molar refractivity (Wildman–Crippen MR) is 74.3 cm³/mol. The number of benzene rings is 1. The van der Waals surface area contributed by atoms with Crippen LogP contribution in [-0.4, -0.2) is 11.5 Å². The molecule has 1 rings (SSSR count). The van der Waals surface area contributed by atoms with E-state index >= 15 is 0 Å². The molecule has 2 heteroatoms. The van der Waals surface area contributed by atoms with Crippen molar-refractivity contribution in [3.8, 4) is 0 Å². The molecule has 0 nitrogen and oxygen atoms in total. The van der Waals surface area contributed by atoms with E-state index in [4.69, 9.17) is 0 Å². The molecule has 0 saturated heterocycles. The van der Waals surface area contributed by atoms with Crippen molar-refractivity contribution < 1.29 is 0 Å². The Hall–Kier alpha value is -0.0800. The molecule has 15 heavy (non-hydrogen) atoms. The van der Waals surface area contributed by atoms with E-state index in [0.29, 0.717) is 0 Å². The van der Waals surface area contributed by atoms with Gasteiger partial charge in [0.05, 0.1) is 0 Å². The maximum absolute atomic E-state index is 4.21. The van der Waals surface area contributed by atoms with Gasteiger partial charge in [0.1, 0.15) is 0 Å². The van der Waals surface area contributed by atoms with Gasteiger partial charge in [0.15, 0.2) is 0 Å². The van der Waals surface area contributed by atoms with Gasteiger partial charge >= 0.3 is 0 Å². The number of hydrogen-bond donors (Lipinski definition) is 1. The summed E-state index contributed by atoms with van der Waals surface area (Å²) < 4.78 is 0. The summed E-state index contributed by atoms with van der Waals surface area (Å²) in [5, 5.41) is 0. The molecule has 0 aliphatic heterocycles. The SMILES string of the molecule is Cc1ccc(SCCCCCS)c(C)c1. The van der Waals surface area contributed by atoms with E-state index < -0.39 is 0 Å². The third kappa shape index (κ3) is 4.98.